The highest BCUT2D eigenvalue weighted by molar-refractivity contribution is 7.80. The first kappa shape index (κ1) is 11.1. The Bertz CT molecular complexity index is 446. The summed E-state index contributed by atoms with van der Waals surface area (Å²) < 4.78 is 0. The van der Waals surface area contributed by atoms with Gasteiger partial charge in [-0.2, -0.15) is 0 Å². The fraction of sp³-hybridized carbons (Fsp3) is 0.538. The van der Waals surface area contributed by atoms with Crippen LogP contribution >= 0.6 is 12.2 Å². The van der Waals surface area contributed by atoms with Gasteiger partial charge in [0.05, 0.1) is 5.69 Å². The molecular formula is C13H17N3S. The van der Waals surface area contributed by atoms with Gasteiger partial charge in [0.15, 0.2) is 0 Å². The maximum atomic E-state index is 5.61. The zero-order chi connectivity index (χ0) is 11.8. The van der Waals surface area contributed by atoms with Crippen molar-refractivity contribution in [2.45, 2.75) is 31.8 Å². The summed E-state index contributed by atoms with van der Waals surface area (Å²) in [6.45, 7) is 2.27. The third-order valence-electron chi connectivity index (χ3n) is 3.99. The molecule has 2 atom stereocenters. The summed E-state index contributed by atoms with van der Waals surface area (Å²) in [4.78, 5) is 7.15. The van der Waals surface area contributed by atoms with Crippen LogP contribution in [-0.4, -0.2) is 27.5 Å². The van der Waals surface area contributed by atoms with E-state index in [1.165, 1.54) is 31.4 Å². The molecule has 2 fully saturated rings. The van der Waals surface area contributed by atoms with Crippen LogP contribution in [0.4, 0.5) is 0 Å². The number of likely N-dealkylation sites (tertiary alicyclic amines) is 1. The molecule has 3 nitrogen and oxygen atoms in total. The summed E-state index contributed by atoms with van der Waals surface area (Å²) in [5, 5.41) is 0. The lowest BCUT2D eigenvalue weighted by Gasteiger charge is -2.26. The summed E-state index contributed by atoms with van der Waals surface area (Å²) in [7, 11) is 0. The van der Waals surface area contributed by atoms with Crippen LogP contribution in [0.1, 0.15) is 30.5 Å². The Hall–Kier alpha value is -1.00. The highest BCUT2D eigenvalue weighted by Gasteiger charge is 2.37. The van der Waals surface area contributed by atoms with Gasteiger partial charge in [-0.05, 0) is 42.9 Å². The number of nitrogens with zero attached hydrogens (tertiary/aromatic N) is 2. The second-order valence-corrected chi connectivity index (χ2v) is 5.62. The van der Waals surface area contributed by atoms with Crippen LogP contribution in [0, 0.1) is 5.92 Å². The molecule has 2 N–H and O–H groups in total. The Labute approximate surface area is 107 Å². The highest BCUT2D eigenvalue weighted by atomic mass is 32.1. The van der Waals surface area contributed by atoms with Crippen molar-refractivity contribution in [2.24, 2.45) is 11.7 Å². The molecule has 1 saturated heterocycles. The number of pyridine rings is 1. The maximum absolute atomic E-state index is 5.61. The van der Waals surface area contributed by atoms with Gasteiger partial charge in [-0.25, -0.2) is 0 Å². The molecule has 3 rings (SSSR count). The molecule has 1 aromatic heterocycles. The number of rotatable bonds is 3. The first-order valence-electron chi connectivity index (χ1n) is 6.21. The van der Waals surface area contributed by atoms with Crippen molar-refractivity contribution in [3.63, 3.8) is 0 Å². The smallest absolute Gasteiger partial charge is 0.122 e. The molecule has 90 valence electrons. The van der Waals surface area contributed by atoms with Crippen molar-refractivity contribution in [1.82, 2.24) is 9.88 Å². The van der Waals surface area contributed by atoms with Crippen LogP contribution < -0.4 is 5.73 Å². The number of nitrogens with two attached hydrogens (primary N) is 1. The lowest BCUT2D eigenvalue weighted by molar-refractivity contribution is 0.205. The zero-order valence-electron chi connectivity index (χ0n) is 9.80. The van der Waals surface area contributed by atoms with Crippen LogP contribution in [0.25, 0.3) is 0 Å². The van der Waals surface area contributed by atoms with Gasteiger partial charge in [0, 0.05) is 25.3 Å². The van der Waals surface area contributed by atoms with Gasteiger partial charge in [0.25, 0.3) is 0 Å². The SMILES string of the molecule is NC(=S)c1cc(CN2CC3CCC2C3)ccn1. The Kier molecular flexibility index (Phi) is 2.84. The van der Waals surface area contributed by atoms with E-state index >= 15 is 0 Å². The maximum Gasteiger partial charge on any atom is 0.122 e. The van der Waals surface area contributed by atoms with Crippen molar-refractivity contribution < 1.29 is 0 Å². The van der Waals surface area contributed by atoms with Gasteiger partial charge in [-0.3, -0.25) is 9.88 Å². The Balaban J connectivity index is 1.73. The van der Waals surface area contributed by atoms with Gasteiger partial charge in [-0.1, -0.05) is 12.2 Å². The minimum atomic E-state index is 0.384. The van der Waals surface area contributed by atoms with E-state index in [0.717, 1.165) is 24.2 Å². The fourth-order valence-electron chi connectivity index (χ4n) is 3.16. The minimum Gasteiger partial charge on any atom is -0.388 e. The molecule has 17 heavy (non-hydrogen) atoms. The molecule has 0 radical (unpaired) electrons. The molecule has 2 bridgehead atoms. The van der Waals surface area contributed by atoms with Crippen molar-refractivity contribution in [1.29, 1.82) is 0 Å². The quantitative estimate of drug-likeness (QED) is 0.826. The topological polar surface area (TPSA) is 42.1 Å². The number of hydrogen-bond acceptors (Lipinski definition) is 3. The molecule has 2 unspecified atom stereocenters. The summed E-state index contributed by atoms with van der Waals surface area (Å²) in [5.41, 5.74) is 7.62. The lowest BCUT2D eigenvalue weighted by atomic mass is 10.1. The minimum absolute atomic E-state index is 0.384. The number of piperidine rings is 1. The second kappa shape index (κ2) is 4.35. The summed E-state index contributed by atoms with van der Waals surface area (Å²) in [5.74, 6) is 0.942. The molecule has 0 spiro atoms. The lowest BCUT2D eigenvalue weighted by Crippen LogP contribution is -2.31. The zero-order valence-corrected chi connectivity index (χ0v) is 10.6. The predicted octanol–water partition coefficient (Wildman–Crippen LogP) is 1.70. The normalized spacial score (nSPS) is 27.5. The first-order valence-corrected chi connectivity index (χ1v) is 6.62. The summed E-state index contributed by atoms with van der Waals surface area (Å²) in [6.07, 6.45) is 6.00. The molecule has 1 aliphatic heterocycles. The van der Waals surface area contributed by atoms with Crippen LogP contribution in [-0.2, 0) is 6.54 Å². The largest absolute Gasteiger partial charge is 0.388 e. The molecule has 1 aliphatic carbocycles. The third kappa shape index (κ3) is 2.19. The van der Waals surface area contributed by atoms with Gasteiger partial charge < -0.3 is 5.73 Å². The van der Waals surface area contributed by atoms with E-state index in [2.05, 4.69) is 16.0 Å². The van der Waals surface area contributed by atoms with Gasteiger partial charge in [0.2, 0.25) is 0 Å². The molecule has 4 heteroatoms. The van der Waals surface area contributed by atoms with Gasteiger partial charge in [0.1, 0.15) is 4.99 Å². The van der Waals surface area contributed by atoms with E-state index in [9.17, 15) is 0 Å². The van der Waals surface area contributed by atoms with Crippen LogP contribution in [0.3, 0.4) is 0 Å². The molecule has 2 heterocycles. The number of fused-ring (bicyclic) bond motifs is 2. The molecule has 0 amide bonds. The van der Waals surface area contributed by atoms with Crippen molar-refractivity contribution in [3.05, 3.63) is 29.6 Å². The average molecular weight is 247 g/mol. The van der Waals surface area contributed by atoms with Crippen molar-refractivity contribution >= 4 is 17.2 Å². The number of thiocarbonyl (C=S) groups is 1. The standard InChI is InChI=1S/C13H17N3S/c14-13(17)12-6-10(3-4-15-12)8-16-7-9-1-2-11(16)5-9/h3-4,6,9,11H,1-2,5,7-8H2,(H2,14,17). The number of aromatic nitrogens is 1. The van der Waals surface area contributed by atoms with Crippen LogP contribution in [0.2, 0.25) is 0 Å². The Morgan fingerprint density at radius 1 is 1.53 bits per heavy atom. The Morgan fingerprint density at radius 2 is 2.41 bits per heavy atom. The van der Waals surface area contributed by atoms with Crippen LogP contribution in [0.5, 0.6) is 0 Å². The molecular weight excluding hydrogens is 230 g/mol. The predicted molar refractivity (Wildman–Crippen MR) is 71.7 cm³/mol. The van der Waals surface area contributed by atoms with Gasteiger partial charge in [-0.15, -0.1) is 0 Å². The van der Waals surface area contributed by atoms with E-state index in [1.807, 2.05) is 6.07 Å². The van der Waals surface area contributed by atoms with E-state index in [0.29, 0.717) is 4.99 Å². The summed E-state index contributed by atoms with van der Waals surface area (Å²) in [6, 6.07) is 4.89. The van der Waals surface area contributed by atoms with E-state index in [-0.39, 0.29) is 0 Å². The molecule has 1 aromatic rings. The van der Waals surface area contributed by atoms with E-state index in [1.54, 1.807) is 6.20 Å². The van der Waals surface area contributed by atoms with Crippen molar-refractivity contribution in [3.8, 4) is 0 Å². The molecule has 1 saturated carbocycles. The highest BCUT2D eigenvalue weighted by Crippen LogP contribution is 2.37. The van der Waals surface area contributed by atoms with Gasteiger partial charge >= 0.3 is 0 Å². The monoisotopic (exact) mass is 247 g/mol. The third-order valence-corrected chi connectivity index (χ3v) is 4.19. The molecule has 0 aromatic carbocycles. The Morgan fingerprint density at radius 3 is 3.06 bits per heavy atom. The first-order chi connectivity index (χ1) is 8.22. The van der Waals surface area contributed by atoms with E-state index < -0.39 is 0 Å². The molecule has 2 aliphatic rings. The van der Waals surface area contributed by atoms with Crippen LogP contribution in [0.15, 0.2) is 18.3 Å². The van der Waals surface area contributed by atoms with Crippen molar-refractivity contribution in [2.75, 3.05) is 6.54 Å². The summed E-state index contributed by atoms with van der Waals surface area (Å²) >= 11 is 4.96. The second-order valence-electron chi connectivity index (χ2n) is 5.18. The van der Waals surface area contributed by atoms with E-state index in [4.69, 9.17) is 18.0 Å². The fourth-order valence-corrected chi connectivity index (χ4v) is 3.27. The average Bonchev–Trinajstić information content (AvgIpc) is 2.91. The number of hydrogen-bond donors (Lipinski definition) is 1.